The predicted molar refractivity (Wildman–Crippen MR) is 113 cm³/mol. The maximum atomic E-state index is 13.1. The summed E-state index contributed by atoms with van der Waals surface area (Å²) in [7, 11) is 1.66. The van der Waals surface area contributed by atoms with Crippen LogP contribution in [-0.4, -0.2) is 35.9 Å². The van der Waals surface area contributed by atoms with Gasteiger partial charge in [0.15, 0.2) is 5.96 Å². The van der Waals surface area contributed by atoms with Gasteiger partial charge in [0.05, 0.1) is 25.0 Å². The van der Waals surface area contributed by atoms with Gasteiger partial charge in [0.2, 0.25) is 0 Å². The van der Waals surface area contributed by atoms with E-state index in [1.807, 2.05) is 43.5 Å². The highest BCUT2D eigenvalue weighted by atomic mass is 19.1. The van der Waals surface area contributed by atoms with Gasteiger partial charge in [-0.1, -0.05) is 12.1 Å². The fraction of sp³-hybridized carbons (Fsp3) is 0.273. The number of hydrogen-bond acceptors (Lipinski definition) is 3. The van der Waals surface area contributed by atoms with Gasteiger partial charge in [-0.05, 0) is 55.0 Å². The summed E-state index contributed by atoms with van der Waals surface area (Å²) >= 11 is 0. The number of halogens is 1. The number of nitrogens with zero attached hydrogens (tertiary/aromatic N) is 3. The molecule has 0 saturated heterocycles. The minimum atomic E-state index is -0.254. The molecule has 0 aliphatic carbocycles. The van der Waals surface area contributed by atoms with Gasteiger partial charge in [-0.15, -0.1) is 0 Å². The average Bonchev–Trinajstić information content (AvgIpc) is 3.22. The van der Waals surface area contributed by atoms with Crippen molar-refractivity contribution in [2.45, 2.75) is 19.9 Å². The van der Waals surface area contributed by atoms with Gasteiger partial charge in [-0.3, -0.25) is 0 Å². The molecule has 3 aromatic rings. The fourth-order valence-electron chi connectivity index (χ4n) is 2.78. The summed E-state index contributed by atoms with van der Waals surface area (Å²) in [5.74, 6) is 1.35. The summed E-state index contributed by atoms with van der Waals surface area (Å²) in [6, 6.07) is 16.1. The summed E-state index contributed by atoms with van der Waals surface area (Å²) in [6.07, 6.45) is 2.63. The van der Waals surface area contributed by atoms with Crippen LogP contribution in [0.25, 0.3) is 5.69 Å². The van der Waals surface area contributed by atoms with Crippen LogP contribution >= 0.6 is 0 Å². The first-order chi connectivity index (χ1) is 14.2. The molecule has 2 aromatic carbocycles. The monoisotopic (exact) mass is 395 g/mol. The van der Waals surface area contributed by atoms with E-state index >= 15 is 0 Å². The second-order valence-corrected chi connectivity index (χ2v) is 6.45. The minimum absolute atomic E-state index is 0.254. The second-order valence-electron chi connectivity index (χ2n) is 6.45. The Bertz CT molecular complexity index is 919. The molecule has 2 N–H and O–H groups in total. The molecule has 6 nitrogen and oxygen atoms in total. The Morgan fingerprint density at radius 2 is 1.83 bits per heavy atom. The molecule has 0 unspecified atom stereocenters. The summed E-state index contributed by atoms with van der Waals surface area (Å²) in [5.41, 5.74) is 2.90. The van der Waals surface area contributed by atoms with Crippen molar-refractivity contribution in [2.24, 2.45) is 4.99 Å². The number of guanidine groups is 1. The van der Waals surface area contributed by atoms with E-state index in [0.717, 1.165) is 41.6 Å². The van der Waals surface area contributed by atoms with E-state index < -0.39 is 0 Å². The quantitative estimate of drug-likeness (QED) is 0.454. The lowest BCUT2D eigenvalue weighted by atomic mass is 10.2. The Balaban J connectivity index is 1.53. The third-order valence-corrected chi connectivity index (χ3v) is 4.33. The molecule has 0 aliphatic rings. The molecular weight excluding hydrogens is 369 g/mol. The Kier molecular flexibility index (Phi) is 7.22. The number of rotatable bonds is 8. The van der Waals surface area contributed by atoms with Crippen molar-refractivity contribution in [1.82, 2.24) is 20.4 Å². The molecule has 0 spiro atoms. The lowest BCUT2D eigenvalue weighted by Crippen LogP contribution is -2.38. The number of benzene rings is 2. The number of methoxy groups -OCH3 is 1. The zero-order valence-corrected chi connectivity index (χ0v) is 16.7. The van der Waals surface area contributed by atoms with Crippen molar-refractivity contribution in [3.63, 3.8) is 0 Å². The first kappa shape index (κ1) is 20.4. The number of nitrogens with one attached hydrogen (secondary N) is 2. The molecule has 0 radical (unpaired) electrons. The highest BCUT2D eigenvalue weighted by Gasteiger charge is 2.03. The largest absolute Gasteiger partial charge is 0.497 e. The van der Waals surface area contributed by atoms with Crippen molar-refractivity contribution >= 4 is 5.96 Å². The first-order valence-electron chi connectivity index (χ1n) is 9.63. The van der Waals surface area contributed by atoms with Crippen LogP contribution in [0.4, 0.5) is 4.39 Å². The number of ether oxygens (including phenoxy) is 1. The minimum Gasteiger partial charge on any atom is -0.497 e. The SMILES string of the molecule is CCNC(=NCc1ccc(OC)cc1)NCCc1ccn(-c2ccc(F)cc2)n1. The van der Waals surface area contributed by atoms with Crippen LogP contribution in [0.15, 0.2) is 65.8 Å². The molecule has 0 atom stereocenters. The molecule has 0 saturated carbocycles. The maximum absolute atomic E-state index is 13.1. The third kappa shape index (κ3) is 6.07. The fourth-order valence-corrected chi connectivity index (χ4v) is 2.78. The Hall–Kier alpha value is -3.35. The number of aliphatic imine (C=N–C) groups is 1. The lowest BCUT2D eigenvalue weighted by molar-refractivity contribution is 0.414. The second kappa shape index (κ2) is 10.3. The Morgan fingerprint density at radius 1 is 1.07 bits per heavy atom. The van der Waals surface area contributed by atoms with Gasteiger partial charge in [-0.25, -0.2) is 14.1 Å². The molecule has 29 heavy (non-hydrogen) atoms. The van der Waals surface area contributed by atoms with Crippen LogP contribution in [0, 0.1) is 5.82 Å². The smallest absolute Gasteiger partial charge is 0.191 e. The van der Waals surface area contributed by atoms with Crippen LogP contribution < -0.4 is 15.4 Å². The Labute approximate surface area is 170 Å². The summed E-state index contributed by atoms with van der Waals surface area (Å²) < 4.78 is 20.0. The van der Waals surface area contributed by atoms with Crippen LogP contribution in [0.2, 0.25) is 0 Å². The van der Waals surface area contributed by atoms with Gasteiger partial charge in [0.25, 0.3) is 0 Å². The summed E-state index contributed by atoms with van der Waals surface area (Å²) in [6.45, 7) is 4.11. The van der Waals surface area contributed by atoms with E-state index in [1.54, 1.807) is 23.9 Å². The molecule has 0 aliphatic heterocycles. The molecule has 1 aromatic heterocycles. The van der Waals surface area contributed by atoms with E-state index in [1.165, 1.54) is 12.1 Å². The molecule has 7 heteroatoms. The molecule has 3 rings (SSSR count). The maximum Gasteiger partial charge on any atom is 0.191 e. The molecule has 0 bridgehead atoms. The first-order valence-corrected chi connectivity index (χ1v) is 9.63. The van der Waals surface area contributed by atoms with Gasteiger partial charge in [0.1, 0.15) is 11.6 Å². The van der Waals surface area contributed by atoms with Gasteiger partial charge >= 0.3 is 0 Å². The van der Waals surface area contributed by atoms with Crippen LogP contribution in [0.1, 0.15) is 18.2 Å². The van der Waals surface area contributed by atoms with E-state index in [-0.39, 0.29) is 5.82 Å². The Morgan fingerprint density at radius 3 is 2.52 bits per heavy atom. The standard InChI is InChI=1S/C22H26FN5O/c1-3-24-22(26-16-17-4-10-21(29-2)11-5-17)25-14-12-19-13-15-28(27-19)20-8-6-18(23)7-9-20/h4-11,13,15H,3,12,14,16H2,1-2H3,(H2,24,25,26). The zero-order valence-electron chi connectivity index (χ0n) is 16.7. The normalized spacial score (nSPS) is 11.3. The molecule has 1 heterocycles. The van der Waals surface area contributed by atoms with E-state index in [0.29, 0.717) is 13.1 Å². The van der Waals surface area contributed by atoms with Gasteiger partial charge < -0.3 is 15.4 Å². The molecular formula is C22H26FN5O. The van der Waals surface area contributed by atoms with Gasteiger partial charge in [-0.2, -0.15) is 5.10 Å². The topological polar surface area (TPSA) is 63.5 Å². The van der Waals surface area contributed by atoms with Crippen molar-refractivity contribution in [3.8, 4) is 11.4 Å². The van der Waals surface area contributed by atoms with Crippen LogP contribution in [0.3, 0.4) is 0 Å². The number of aromatic nitrogens is 2. The molecule has 152 valence electrons. The van der Waals surface area contributed by atoms with Gasteiger partial charge in [0, 0.05) is 25.7 Å². The highest BCUT2D eigenvalue weighted by Crippen LogP contribution is 2.12. The molecule has 0 amide bonds. The zero-order chi connectivity index (χ0) is 20.5. The van der Waals surface area contributed by atoms with Crippen molar-refractivity contribution < 1.29 is 9.13 Å². The van der Waals surface area contributed by atoms with Crippen molar-refractivity contribution in [2.75, 3.05) is 20.2 Å². The van der Waals surface area contributed by atoms with Crippen LogP contribution in [0.5, 0.6) is 5.75 Å². The van der Waals surface area contributed by atoms with E-state index in [9.17, 15) is 4.39 Å². The highest BCUT2D eigenvalue weighted by molar-refractivity contribution is 5.79. The summed E-state index contributed by atoms with van der Waals surface area (Å²) in [5, 5.41) is 11.1. The molecule has 0 fully saturated rings. The van der Waals surface area contributed by atoms with Crippen molar-refractivity contribution in [3.05, 3.63) is 77.9 Å². The average molecular weight is 395 g/mol. The number of hydrogen-bond donors (Lipinski definition) is 2. The summed E-state index contributed by atoms with van der Waals surface area (Å²) in [4.78, 5) is 4.62. The van der Waals surface area contributed by atoms with Crippen molar-refractivity contribution in [1.29, 1.82) is 0 Å². The van der Waals surface area contributed by atoms with E-state index in [2.05, 4.69) is 20.7 Å². The third-order valence-electron chi connectivity index (χ3n) is 4.33. The predicted octanol–water partition coefficient (Wildman–Crippen LogP) is 3.32. The van der Waals surface area contributed by atoms with Crippen LogP contribution in [-0.2, 0) is 13.0 Å². The lowest BCUT2D eigenvalue weighted by Gasteiger charge is -2.11. The van der Waals surface area contributed by atoms with E-state index in [4.69, 9.17) is 4.74 Å².